The summed E-state index contributed by atoms with van der Waals surface area (Å²) in [5.41, 5.74) is 3.26. The second-order valence-electron chi connectivity index (χ2n) is 5.66. The van der Waals surface area contributed by atoms with Crippen LogP contribution in [0.15, 0.2) is 55.0 Å². The van der Waals surface area contributed by atoms with E-state index in [1.165, 1.54) is 0 Å². The van der Waals surface area contributed by atoms with Crippen molar-refractivity contribution in [1.29, 1.82) is 0 Å². The average molecular weight is 356 g/mol. The molecule has 0 aliphatic carbocycles. The van der Waals surface area contributed by atoms with Crippen molar-refractivity contribution in [2.24, 2.45) is 0 Å². The molecule has 1 N–H and O–H groups in total. The fourth-order valence-corrected chi connectivity index (χ4v) is 2.77. The molecule has 0 saturated heterocycles. The maximum Gasteiger partial charge on any atom is 0.228 e. The number of ether oxygens (including phenoxy) is 1. The number of anilines is 1. The summed E-state index contributed by atoms with van der Waals surface area (Å²) < 4.78 is 7.26. The van der Waals surface area contributed by atoms with Gasteiger partial charge in [-0.3, -0.25) is 4.79 Å². The first-order valence-corrected chi connectivity index (χ1v) is 8.16. The summed E-state index contributed by atoms with van der Waals surface area (Å²) in [4.78, 5) is 16.5. The first kappa shape index (κ1) is 17.0. The molecule has 0 bridgehead atoms. The highest BCUT2D eigenvalue weighted by molar-refractivity contribution is 6.30. The Balaban J connectivity index is 1.79. The lowest BCUT2D eigenvalue weighted by molar-refractivity contribution is -0.115. The van der Waals surface area contributed by atoms with Crippen molar-refractivity contribution in [2.45, 2.75) is 13.3 Å². The zero-order chi connectivity index (χ0) is 17.8. The molecule has 3 aromatic rings. The molecule has 0 aliphatic heterocycles. The number of hydrogen-bond donors (Lipinski definition) is 1. The minimum Gasteiger partial charge on any atom is -0.495 e. The number of halogens is 1. The van der Waals surface area contributed by atoms with Crippen LogP contribution in [0.5, 0.6) is 5.75 Å². The van der Waals surface area contributed by atoms with E-state index < -0.39 is 0 Å². The number of carbonyl (C=O) groups excluding carboxylic acids is 1. The summed E-state index contributed by atoms with van der Waals surface area (Å²) in [5, 5.41) is 3.52. The van der Waals surface area contributed by atoms with E-state index in [2.05, 4.69) is 10.3 Å². The zero-order valence-corrected chi connectivity index (χ0v) is 14.7. The van der Waals surface area contributed by atoms with E-state index in [-0.39, 0.29) is 12.3 Å². The molecule has 0 fully saturated rings. The third-order valence-corrected chi connectivity index (χ3v) is 3.94. The number of aryl methyl sites for hydroxylation is 1. The SMILES string of the molecule is COc1ccc(NC(=O)Cc2cccc(Cl)c2)cc1-n1cnc(C)c1. The molecule has 3 rings (SSSR count). The van der Waals surface area contributed by atoms with E-state index in [4.69, 9.17) is 16.3 Å². The van der Waals surface area contributed by atoms with Gasteiger partial charge in [-0.2, -0.15) is 0 Å². The second-order valence-corrected chi connectivity index (χ2v) is 6.10. The molecule has 1 heterocycles. The molecular weight excluding hydrogens is 338 g/mol. The van der Waals surface area contributed by atoms with Crippen LogP contribution in [0, 0.1) is 6.92 Å². The van der Waals surface area contributed by atoms with Gasteiger partial charge in [0.05, 0.1) is 31.2 Å². The predicted octanol–water partition coefficient (Wildman–Crippen LogP) is 4.02. The number of rotatable bonds is 5. The number of methoxy groups -OCH3 is 1. The summed E-state index contributed by atoms with van der Waals surface area (Å²) in [5.74, 6) is 0.588. The number of nitrogens with zero attached hydrogens (tertiary/aromatic N) is 2. The number of nitrogens with one attached hydrogen (secondary N) is 1. The van der Waals surface area contributed by atoms with Gasteiger partial charge < -0.3 is 14.6 Å². The highest BCUT2D eigenvalue weighted by atomic mass is 35.5. The van der Waals surface area contributed by atoms with Crippen molar-refractivity contribution in [1.82, 2.24) is 9.55 Å². The Morgan fingerprint density at radius 3 is 2.80 bits per heavy atom. The second kappa shape index (κ2) is 7.40. The van der Waals surface area contributed by atoms with Crippen molar-refractivity contribution in [3.05, 3.63) is 71.3 Å². The van der Waals surface area contributed by atoms with Crippen molar-refractivity contribution in [3.8, 4) is 11.4 Å². The maximum atomic E-state index is 12.3. The quantitative estimate of drug-likeness (QED) is 0.752. The Morgan fingerprint density at radius 2 is 2.12 bits per heavy atom. The van der Waals surface area contributed by atoms with E-state index >= 15 is 0 Å². The number of hydrogen-bond acceptors (Lipinski definition) is 3. The van der Waals surface area contributed by atoms with E-state index in [1.807, 2.05) is 48.0 Å². The van der Waals surface area contributed by atoms with Crippen molar-refractivity contribution >= 4 is 23.2 Å². The van der Waals surface area contributed by atoms with Crippen molar-refractivity contribution in [2.75, 3.05) is 12.4 Å². The van der Waals surface area contributed by atoms with Crippen LogP contribution in [-0.4, -0.2) is 22.6 Å². The smallest absolute Gasteiger partial charge is 0.228 e. The molecule has 6 heteroatoms. The third-order valence-electron chi connectivity index (χ3n) is 3.71. The molecule has 0 aliphatic rings. The molecule has 1 amide bonds. The van der Waals surface area contributed by atoms with E-state index in [0.717, 1.165) is 16.9 Å². The van der Waals surface area contributed by atoms with Crippen LogP contribution in [-0.2, 0) is 11.2 Å². The summed E-state index contributed by atoms with van der Waals surface area (Å²) >= 11 is 5.96. The first-order chi connectivity index (χ1) is 12.0. The molecule has 2 aromatic carbocycles. The van der Waals surface area contributed by atoms with Gasteiger partial charge in [-0.1, -0.05) is 23.7 Å². The molecular formula is C19H18ClN3O2. The van der Waals surface area contributed by atoms with Gasteiger partial charge in [-0.15, -0.1) is 0 Å². The van der Waals surface area contributed by atoms with Gasteiger partial charge in [-0.25, -0.2) is 4.98 Å². The molecule has 25 heavy (non-hydrogen) atoms. The summed E-state index contributed by atoms with van der Waals surface area (Å²) in [6.45, 7) is 1.92. The fourth-order valence-electron chi connectivity index (χ4n) is 2.56. The number of imidazole rings is 1. The Labute approximate surface area is 151 Å². The molecule has 5 nitrogen and oxygen atoms in total. The van der Waals surface area contributed by atoms with Crippen molar-refractivity contribution < 1.29 is 9.53 Å². The topological polar surface area (TPSA) is 56.1 Å². The maximum absolute atomic E-state index is 12.3. The van der Waals surface area contributed by atoms with Crippen LogP contribution in [0.1, 0.15) is 11.3 Å². The molecule has 0 atom stereocenters. The number of carbonyl (C=O) groups is 1. The van der Waals surface area contributed by atoms with E-state index in [9.17, 15) is 4.79 Å². The highest BCUT2D eigenvalue weighted by Crippen LogP contribution is 2.26. The number of benzene rings is 2. The van der Waals surface area contributed by atoms with Crippen LogP contribution < -0.4 is 10.1 Å². The van der Waals surface area contributed by atoms with Crippen LogP contribution in [0.4, 0.5) is 5.69 Å². The van der Waals surface area contributed by atoms with E-state index in [0.29, 0.717) is 16.5 Å². The van der Waals surface area contributed by atoms with Crippen LogP contribution >= 0.6 is 11.6 Å². The van der Waals surface area contributed by atoms with Crippen LogP contribution in [0.25, 0.3) is 5.69 Å². The Hall–Kier alpha value is -2.79. The Morgan fingerprint density at radius 1 is 1.28 bits per heavy atom. The van der Waals surface area contributed by atoms with Crippen molar-refractivity contribution in [3.63, 3.8) is 0 Å². The minimum absolute atomic E-state index is 0.111. The lowest BCUT2D eigenvalue weighted by atomic mass is 10.1. The van der Waals surface area contributed by atoms with Gasteiger partial charge in [0.15, 0.2) is 0 Å². The molecule has 0 spiro atoms. The Kier molecular flexibility index (Phi) is 5.05. The van der Waals surface area contributed by atoms with Crippen LogP contribution in [0.3, 0.4) is 0 Å². The van der Waals surface area contributed by atoms with Crippen LogP contribution in [0.2, 0.25) is 5.02 Å². The summed E-state index contributed by atoms with van der Waals surface area (Å²) in [7, 11) is 1.61. The Bertz CT molecular complexity index is 905. The van der Waals surface area contributed by atoms with Gasteiger partial charge in [0.2, 0.25) is 5.91 Å². The first-order valence-electron chi connectivity index (χ1n) is 7.78. The normalized spacial score (nSPS) is 10.5. The van der Waals surface area contributed by atoms with Gasteiger partial charge in [0.1, 0.15) is 5.75 Å². The van der Waals surface area contributed by atoms with Gasteiger partial charge >= 0.3 is 0 Å². The average Bonchev–Trinajstić information content (AvgIpc) is 3.01. The lowest BCUT2D eigenvalue weighted by Crippen LogP contribution is -2.14. The summed E-state index contributed by atoms with van der Waals surface area (Å²) in [6, 6.07) is 12.8. The largest absolute Gasteiger partial charge is 0.495 e. The zero-order valence-electron chi connectivity index (χ0n) is 14.0. The third kappa shape index (κ3) is 4.19. The summed E-state index contributed by atoms with van der Waals surface area (Å²) in [6.07, 6.45) is 3.87. The van der Waals surface area contributed by atoms with Gasteiger partial charge in [0.25, 0.3) is 0 Å². The highest BCUT2D eigenvalue weighted by Gasteiger charge is 2.10. The molecule has 0 saturated carbocycles. The molecule has 0 radical (unpaired) electrons. The molecule has 0 unspecified atom stereocenters. The predicted molar refractivity (Wildman–Crippen MR) is 98.6 cm³/mol. The lowest BCUT2D eigenvalue weighted by Gasteiger charge is -2.12. The van der Waals surface area contributed by atoms with Gasteiger partial charge in [-0.05, 0) is 42.8 Å². The number of aromatic nitrogens is 2. The van der Waals surface area contributed by atoms with Gasteiger partial charge in [0, 0.05) is 16.9 Å². The molecule has 128 valence electrons. The molecule has 1 aromatic heterocycles. The van der Waals surface area contributed by atoms with E-state index in [1.54, 1.807) is 25.6 Å². The monoisotopic (exact) mass is 355 g/mol. The minimum atomic E-state index is -0.111. The number of amides is 1. The fraction of sp³-hybridized carbons (Fsp3) is 0.158. The standard InChI is InChI=1S/C19H18ClN3O2/c1-13-11-23(12-21-13)17-10-16(6-7-18(17)25-2)22-19(24)9-14-4-3-5-15(20)8-14/h3-8,10-12H,9H2,1-2H3,(H,22,24).